The van der Waals surface area contributed by atoms with Crippen molar-refractivity contribution in [1.29, 1.82) is 0 Å². The van der Waals surface area contributed by atoms with E-state index in [1.54, 1.807) is 0 Å². The first-order valence-electron chi connectivity index (χ1n) is 6.06. The van der Waals surface area contributed by atoms with E-state index in [1.165, 1.54) is 11.3 Å². The monoisotopic (exact) mass is 255 g/mol. The smallest absolute Gasteiger partial charge is 0.131 e. The SMILES string of the molecule is Cl.c1nc(C2CCOCC2)nc2c1CCNC2. The van der Waals surface area contributed by atoms with Gasteiger partial charge in [-0.05, 0) is 31.4 Å². The van der Waals surface area contributed by atoms with Gasteiger partial charge in [0.25, 0.3) is 0 Å². The topological polar surface area (TPSA) is 47.0 Å². The maximum absolute atomic E-state index is 5.37. The highest BCUT2D eigenvalue weighted by molar-refractivity contribution is 5.85. The van der Waals surface area contributed by atoms with E-state index in [0.717, 1.165) is 51.4 Å². The van der Waals surface area contributed by atoms with Crippen molar-refractivity contribution in [1.82, 2.24) is 15.3 Å². The predicted molar refractivity (Wildman–Crippen MR) is 67.5 cm³/mol. The van der Waals surface area contributed by atoms with Gasteiger partial charge in [0.05, 0.1) is 5.69 Å². The average Bonchev–Trinajstić information content (AvgIpc) is 2.39. The summed E-state index contributed by atoms with van der Waals surface area (Å²) in [6.07, 6.45) is 5.20. The van der Waals surface area contributed by atoms with Crippen LogP contribution in [0.15, 0.2) is 6.20 Å². The van der Waals surface area contributed by atoms with E-state index < -0.39 is 0 Å². The first kappa shape index (κ1) is 12.7. The minimum atomic E-state index is 0. The van der Waals surface area contributed by atoms with Crippen molar-refractivity contribution in [3.63, 3.8) is 0 Å². The fraction of sp³-hybridized carbons (Fsp3) is 0.667. The number of fused-ring (bicyclic) bond motifs is 1. The van der Waals surface area contributed by atoms with Crippen LogP contribution < -0.4 is 5.32 Å². The van der Waals surface area contributed by atoms with Gasteiger partial charge in [-0.2, -0.15) is 0 Å². The van der Waals surface area contributed by atoms with Crippen LogP contribution in [0.25, 0.3) is 0 Å². The van der Waals surface area contributed by atoms with Gasteiger partial charge in [0, 0.05) is 31.9 Å². The molecule has 1 N–H and O–H groups in total. The molecule has 3 heterocycles. The summed E-state index contributed by atoms with van der Waals surface area (Å²) in [5.41, 5.74) is 2.51. The normalized spacial score (nSPS) is 20.5. The number of rotatable bonds is 1. The van der Waals surface area contributed by atoms with Crippen LogP contribution in [0, 0.1) is 0 Å². The van der Waals surface area contributed by atoms with Crippen molar-refractivity contribution in [2.75, 3.05) is 19.8 Å². The summed E-state index contributed by atoms with van der Waals surface area (Å²) >= 11 is 0. The zero-order valence-corrected chi connectivity index (χ0v) is 10.6. The van der Waals surface area contributed by atoms with Gasteiger partial charge in [-0.25, -0.2) is 9.97 Å². The average molecular weight is 256 g/mol. The van der Waals surface area contributed by atoms with E-state index in [0.29, 0.717) is 5.92 Å². The molecule has 0 amide bonds. The Bertz CT molecular complexity index is 380. The molecule has 0 atom stereocenters. The van der Waals surface area contributed by atoms with Crippen molar-refractivity contribution in [3.05, 3.63) is 23.3 Å². The summed E-state index contributed by atoms with van der Waals surface area (Å²) in [6, 6.07) is 0. The number of nitrogens with zero attached hydrogens (tertiary/aromatic N) is 2. The molecule has 1 aromatic heterocycles. The second-order valence-electron chi connectivity index (χ2n) is 4.51. The van der Waals surface area contributed by atoms with Crippen LogP contribution in [0.3, 0.4) is 0 Å². The van der Waals surface area contributed by atoms with Crippen molar-refractivity contribution < 1.29 is 4.74 Å². The molecule has 0 unspecified atom stereocenters. The summed E-state index contributed by atoms with van der Waals surface area (Å²) in [6.45, 7) is 3.65. The van der Waals surface area contributed by atoms with Gasteiger partial charge in [-0.15, -0.1) is 12.4 Å². The Kier molecular flexibility index (Phi) is 4.31. The molecule has 1 saturated heterocycles. The van der Waals surface area contributed by atoms with Gasteiger partial charge >= 0.3 is 0 Å². The zero-order chi connectivity index (χ0) is 10.8. The third-order valence-electron chi connectivity index (χ3n) is 3.42. The van der Waals surface area contributed by atoms with Crippen LogP contribution in [-0.4, -0.2) is 29.7 Å². The maximum Gasteiger partial charge on any atom is 0.131 e. The molecule has 94 valence electrons. The number of aromatic nitrogens is 2. The molecule has 0 spiro atoms. The summed E-state index contributed by atoms with van der Waals surface area (Å²) in [5, 5.41) is 3.36. The van der Waals surface area contributed by atoms with E-state index >= 15 is 0 Å². The standard InChI is InChI=1S/C12H17N3O.ClH/c1-4-13-8-11-10(1)7-14-12(15-11)9-2-5-16-6-3-9;/h7,9,13H,1-6,8H2;1H. The Hall–Kier alpha value is -0.710. The lowest BCUT2D eigenvalue weighted by Gasteiger charge is -2.22. The minimum absolute atomic E-state index is 0. The second kappa shape index (κ2) is 5.76. The number of halogens is 1. The molecule has 5 heteroatoms. The summed E-state index contributed by atoms with van der Waals surface area (Å²) in [5.74, 6) is 1.52. The highest BCUT2D eigenvalue weighted by atomic mass is 35.5. The van der Waals surface area contributed by atoms with Crippen LogP contribution >= 0.6 is 12.4 Å². The lowest BCUT2D eigenvalue weighted by molar-refractivity contribution is 0.0835. The van der Waals surface area contributed by atoms with Gasteiger partial charge in [-0.1, -0.05) is 0 Å². The van der Waals surface area contributed by atoms with Gasteiger partial charge in [0.1, 0.15) is 5.82 Å². The van der Waals surface area contributed by atoms with E-state index in [9.17, 15) is 0 Å². The third kappa shape index (κ3) is 2.76. The number of hydrogen-bond donors (Lipinski definition) is 1. The molecule has 0 radical (unpaired) electrons. The predicted octanol–water partition coefficient (Wildman–Crippen LogP) is 1.44. The molecular formula is C12H18ClN3O. The molecule has 0 aromatic carbocycles. The molecule has 2 aliphatic rings. The minimum Gasteiger partial charge on any atom is -0.381 e. The maximum atomic E-state index is 5.37. The van der Waals surface area contributed by atoms with Crippen LogP contribution in [0.4, 0.5) is 0 Å². The van der Waals surface area contributed by atoms with Crippen LogP contribution in [0.1, 0.15) is 35.8 Å². The highest BCUT2D eigenvalue weighted by Gasteiger charge is 2.20. The first-order chi connectivity index (χ1) is 7.93. The van der Waals surface area contributed by atoms with E-state index in [-0.39, 0.29) is 12.4 Å². The van der Waals surface area contributed by atoms with Crippen LogP contribution in [0.2, 0.25) is 0 Å². The molecule has 17 heavy (non-hydrogen) atoms. The summed E-state index contributed by atoms with van der Waals surface area (Å²) in [4.78, 5) is 9.23. The summed E-state index contributed by atoms with van der Waals surface area (Å²) in [7, 11) is 0. The lowest BCUT2D eigenvalue weighted by atomic mass is 9.98. The number of hydrogen-bond acceptors (Lipinski definition) is 4. The molecule has 1 fully saturated rings. The van der Waals surface area contributed by atoms with Gasteiger partial charge in [0.2, 0.25) is 0 Å². The molecule has 4 nitrogen and oxygen atoms in total. The Labute approximate surface area is 108 Å². The zero-order valence-electron chi connectivity index (χ0n) is 9.82. The molecule has 1 aromatic rings. The van der Waals surface area contributed by atoms with Crippen LogP contribution in [-0.2, 0) is 17.7 Å². The quantitative estimate of drug-likeness (QED) is 0.825. The number of nitrogens with one attached hydrogen (secondary N) is 1. The Morgan fingerprint density at radius 1 is 1.29 bits per heavy atom. The first-order valence-corrected chi connectivity index (χ1v) is 6.06. The molecule has 0 saturated carbocycles. The highest BCUT2D eigenvalue weighted by Crippen LogP contribution is 2.24. The molecule has 0 bridgehead atoms. The third-order valence-corrected chi connectivity index (χ3v) is 3.42. The van der Waals surface area contributed by atoms with Crippen molar-refractivity contribution >= 4 is 12.4 Å². The lowest BCUT2D eigenvalue weighted by Crippen LogP contribution is -2.26. The largest absolute Gasteiger partial charge is 0.381 e. The van der Waals surface area contributed by atoms with Crippen molar-refractivity contribution in [2.24, 2.45) is 0 Å². The van der Waals surface area contributed by atoms with Gasteiger partial charge in [0.15, 0.2) is 0 Å². The molecule has 0 aliphatic carbocycles. The Balaban J connectivity index is 0.00000108. The van der Waals surface area contributed by atoms with E-state index in [1.807, 2.05) is 6.20 Å². The van der Waals surface area contributed by atoms with Gasteiger partial charge in [-0.3, -0.25) is 0 Å². The fourth-order valence-corrected chi connectivity index (χ4v) is 2.40. The molecule has 3 rings (SSSR count). The van der Waals surface area contributed by atoms with Gasteiger partial charge < -0.3 is 10.1 Å². The summed E-state index contributed by atoms with van der Waals surface area (Å²) < 4.78 is 5.37. The number of ether oxygens (including phenoxy) is 1. The van der Waals surface area contributed by atoms with Crippen molar-refractivity contribution in [3.8, 4) is 0 Å². The fourth-order valence-electron chi connectivity index (χ4n) is 2.40. The second-order valence-corrected chi connectivity index (χ2v) is 4.51. The van der Waals surface area contributed by atoms with E-state index in [2.05, 4.69) is 10.3 Å². The van der Waals surface area contributed by atoms with Crippen molar-refractivity contribution in [2.45, 2.75) is 31.7 Å². The van der Waals surface area contributed by atoms with E-state index in [4.69, 9.17) is 9.72 Å². The Morgan fingerprint density at radius 3 is 2.94 bits per heavy atom. The Morgan fingerprint density at radius 2 is 2.12 bits per heavy atom. The van der Waals surface area contributed by atoms with Crippen LogP contribution in [0.5, 0.6) is 0 Å². The molecule has 2 aliphatic heterocycles. The molecular weight excluding hydrogens is 238 g/mol.